The fourth-order valence-electron chi connectivity index (χ4n) is 3.17. The zero-order chi connectivity index (χ0) is 18.7. The number of hydrogen-bond donors (Lipinski definition) is 0. The minimum atomic E-state index is -0.0953. The molecule has 0 N–H and O–H groups in total. The first-order valence-corrected chi connectivity index (χ1v) is 8.72. The number of likely N-dealkylation sites (tertiary alicyclic amines) is 1. The van der Waals surface area contributed by atoms with Gasteiger partial charge < -0.3 is 18.9 Å². The van der Waals surface area contributed by atoms with Crippen LogP contribution < -0.4 is 15.0 Å². The smallest absolute Gasteiger partial charge is 0.254 e. The van der Waals surface area contributed by atoms with E-state index in [9.17, 15) is 9.59 Å². The van der Waals surface area contributed by atoms with Crippen LogP contribution in [0, 0.1) is 6.92 Å². The average molecular weight is 356 g/mol. The Bertz CT molecular complexity index is 859. The number of benzene rings is 1. The fraction of sp³-hybridized carbons (Fsp3) is 0.400. The third-order valence-electron chi connectivity index (χ3n) is 4.81. The first-order chi connectivity index (χ1) is 12.5. The number of aryl methyl sites for hydroxylation is 1. The molecule has 0 saturated carbocycles. The van der Waals surface area contributed by atoms with Gasteiger partial charge in [0.15, 0.2) is 0 Å². The quantitative estimate of drug-likeness (QED) is 0.821. The number of rotatable bonds is 5. The summed E-state index contributed by atoms with van der Waals surface area (Å²) in [4.78, 5) is 26.3. The highest BCUT2D eigenvalue weighted by Crippen LogP contribution is 2.22. The molecule has 2 heterocycles. The normalized spacial score (nSPS) is 16.6. The van der Waals surface area contributed by atoms with E-state index >= 15 is 0 Å². The van der Waals surface area contributed by atoms with Crippen LogP contribution in [0.5, 0.6) is 11.5 Å². The lowest BCUT2D eigenvalue weighted by molar-refractivity contribution is -0.129. The molecule has 1 aromatic heterocycles. The molecule has 2 aromatic rings. The molecule has 0 bridgehead atoms. The van der Waals surface area contributed by atoms with E-state index in [0.717, 1.165) is 23.4 Å². The number of nitrogens with zero attached hydrogens (tertiary/aromatic N) is 2. The molecular formula is C20H24N2O4. The van der Waals surface area contributed by atoms with E-state index in [1.165, 1.54) is 6.07 Å². The lowest BCUT2D eigenvalue weighted by atomic mass is 10.1. The van der Waals surface area contributed by atoms with E-state index in [-0.39, 0.29) is 17.6 Å². The summed E-state index contributed by atoms with van der Waals surface area (Å²) in [6.07, 6.45) is 0.969. The molecule has 1 aliphatic rings. The standard InChI is InChI=1S/C20H24N2O4/c1-14-10-17(12-19(23)21(14)2)26-16-8-9-22(13-16)20(24)11-15-6-4-5-7-18(15)25-3/h4-7,10,12,16H,8-9,11,13H2,1-3H3. The lowest BCUT2D eigenvalue weighted by Gasteiger charge is -2.18. The van der Waals surface area contributed by atoms with Crippen LogP contribution in [0.1, 0.15) is 17.7 Å². The van der Waals surface area contributed by atoms with Crippen molar-refractivity contribution in [3.05, 3.63) is 58.0 Å². The van der Waals surface area contributed by atoms with Crippen LogP contribution >= 0.6 is 0 Å². The number of hydrogen-bond acceptors (Lipinski definition) is 4. The number of aromatic nitrogens is 1. The van der Waals surface area contributed by atoms with Crippen LogP contribution in [-0.4, -0.2) is 41.7 Å². The van der Waals surface area contributed by atoms with E-state index in [1.54, 1.807) is 18.7 Å². The summed E-state index contributed by atoms with van der Waals surface area (Å²) in [5, 5.41) is 0. The van der Waals surface area contributed by atoms with Crippen molar-refractivity contribution < 1.29 is 14.3 Å². The van der Waals surface area contributed by atoms with E-state index in [2.05, 4.69) is 0 Å². The number of amides is 1. The Morgan fingerprint density at radius 3 is 2.77 bits per heavy atom. The number of para-hydroxylation sites is 1. The van der Waals surface area contributed by atoms with Gasteiger partial charge in [-0.25, -0.2) is 0 Å². The molecule has 138 valence electrons. The fourth-order valence-corrected chi connectivity index (χ4v) is 3.17. The first-order valence-electron chi connectivity index (χ1n) is 8.72. The molecule has 0 aliphatic carbocycles. The average Bonchev–Trinajstić information content (AvgIpc) is 3.08. The Morgan fingerprint density at radius 2 is 2.04 bits per heavy atom. The zero-order valence-electron chi connectivity index (χ0n) is 15.4. The van der Waals surface area contributed by atoms with Gasteiger partial charge in [0.2, 0.25) is 5.91 Å². The third kappa shape index (κ3) is 3.90. The van der Waals surface area contributed by atoms with Gasteiger partial charge in [0.1, 0.15) is 17.6 Å². The Morgan fingerprint density at radius 1 is 1.27 bits per heavy atom. The largest absolute Gasteiger partial charge is 0.496 e. The second-order valence-electron chi connectivity index (χ2n) is 6.59. The summed E-state index contributed by atoms with van der Waals surface area (Å²) < 4.78 is 12.8. The molecule has 6 heteroatoms. The van der Waals surface area contributed by atoms with Crippen molar-refractivity contribution in [3.8, 4) is 11.5 Å². The SMILES string of the molecule is COc1ccccc1CC(=O)N1CCC(Oc2cc(C)n(C)c(=O)c2)C1. The maximum absolute atomic E-state index is 12.6. The zero-order valence-corrected chi connectivity index (χ0v) is 15.4. The van der Waals surface area contributed by atoms with Gasteiger partial charge >= 0.3 is 0 Å². The monoisotopic (exact) mass is 356 g/mol. The summed E-state index contributed by atoms with van der Waals surface area (Å²) in [5.74, 6) is 1.35. The van der Waals surface area contributed by atoms with Gasteiger partial charge in [-0.05, 0) is 19.1 Å². The van der Waals surface area contributed by atoms with Gasteiger partial charge in [-0.3, -0.25) is 9.59 Å². The van der Waals surface area contributed by atoms with Crippen molar-refractivity contribution in [2.24, 2.45) is 7.05 Å². The maximum atomic E-state index is 12.6. The molecular weight excluding hydrogens is 332 g/mol. The second-order valence-corrected chi connectivity index (χ2v) is 6.59. The predicted molar refractivity (Wildman–Crippen MR) is 98.7 cm³/mol. The van der Waals surface area contributed by atoms with Crippen LogP contribution in [0.25, 0.3) is 0 Å². The summed E-state index contributed by atoms with van der Waals surface area (Å²) >= 11 is 0. The Hall–Kier alpha value is -2.76. The van der Waals surface area contributed by atoms with Gasteiger partial charge in [0.05, 0.1) is 20.1 Å². The molecule has 0 radical (unpaired) electrons. The Kier molecular flexibility index (Phi) is 5.30. The first kappa shape index (κ1) is 18.0. The molecule has 0 spiro atoms. The molecule has 1 unspecified atom stereocenters. The van der Waals surface area contributed by atoms with Crippen molar-refractivity contribution in [2.75, 3.05) is 20.2 Å². The van der Waals surface area contributed by atoms with Gasteiger partial charge in [0, 0.05) is 37.3 Å². The minimum absolute atomic E-state index is 0.0563. The van der Waals surface area contributed by atoms with Gasteiger partial charge in [0.25, 0.3) is 5.56 Å². The minimum Gasteiger partial charge on any atom is -0.496 e. The summed E-state index contributed by atoms with van der Waals surface area (Å²) in [6, 6.07) is 10.9. The predicted octanol–water partition coefficient (Wildman–Crippen LogP) is 1.92. The molecule has 3 rings (SSSR count). The van der Waals surface area contributed by atoms with Gasteiger partial charge in [-0.1, -0.05) is 18.2 Å². The third-order valence-corrected chi connectivity index (χ3v) is 4.81. The van der Waals surface area contributed by atoms with Crippen LogP contribution in [0.15, 0.2) is 41.2 Å². The number of methoxy groups -OCH3 is 1. The van der Waals surface area contributed by atoms with E-state index in [0.29, 0.717) is 25.3 Å². The van der Waals surface area contributed by atoms with Crippen molar-refractivity contribution in [2.45, 2.75) is 25.9 Å². The highest BCUT2D eigenvalue weighted by atomic mass is 16.5. The van der Waals surface area contributed by atoms with Crippen LogP contribution in [-0.2, 0) is 18.3 Å². The molecule has 1 saturated heterocycles. The van der Waals surface area contributed by atoms with Crippen LogP contribution in [0.4, 0.5) is 0 Å². The van der Waals surface area contributed by atoms with E-state index in [4.69, 9.17) is 9.47 Å². The number of carbonyl (C=O) groups is 1. The highest BCUT2D eigenvalue weighted by molar-refractivity contribution is 5.79. The van der Waals surface area contributed by atoms with Crippen molar-refractivity contribution >= 4 is 5.91 Å². The van der Waals surface area contributed by atoms with Crippen LogP contribution in [0.2, 0.25) is 0 Å². The molecule has 26 heavy (non-hydrogen) atoms. The molecule has 1 aromatic carbocycles. The summed E-state index contributed by atoms with van der Waals surface area (Å²) in [6.45, 7) is 3.05. The molecule has 1 aliphatic heterocycles. The highest BCUT2D eigenvalue weighted by Gasteiger charge is 2.28. The number of pyridine rings is 1. The number of carbonyl (C=O) groups excluding carboxylic acids is 1. The van der Waals surface area contributed by atoms with Crippen molar-refractivity contribution in [3.63, 3.8) is 0 Å². The maximum Gasteiger partial charge on any atom is 0.254 e. The number of ether oxygens (including phenoxy) is 2. The van der Waals surface area contributed by atoms with Crippen LogP contribution in [0.3, 0.4) is 0 Å². The summed E-state index contributed by atoms with van der Waals surface area (Å²) in [7, 11) is 3.34. The van der Waals surface area contributed by atoms with Crippen molar-refractivity contribution in [1.82, 2.24) is 9.47 Å². The van der Waals surface area contributed by atoms with Crippen molar-refractivity contribution in [1.29, 1.82) is 0 Å². The topological polar surface area (TPSA) is 60.8 Å². The Labute approximate surface area is 153 Å². The lowest BCUT2D eigenvalue weighted by Crippen LogP contribution is -2.32. The molecule has 6 nitrogen and oxygen atoms in total. The molecule has 1 atom stereocenters. The van der Waals surface area contributed by atoms with Gasteiger partial charge in [-0.15, -0.1) is 0 Å². The van der Waals surface area contributed by atoms with E-state index in [1.807, 2.05) is 42.2 Å². The van der Waals surface area contributed by atoms with Gasteiger partial charge in [-0.2, -0.15) is 0 Å². The summed E-state index contributed by atoms with van der Waals surface area (Å²) in [5.41, 5.74) is 1.63. The Balaban J connectivity index is 1.61. The molecule has 1 amide bonds. The molecule has 1 fully saturated rings. The second kappa shape index (κ2) is 7.64. The van der Waals surface area contributed by atoms with E-state index < -0.39 is 0 Å².